The minimum Gasteiger partial charge on any atom is -0.508 e. The van der Waals surface area contributed by atoms with Crippen molar-refractivity contribution in [3.63, 3.8) is 0 Å². The predicted molar refractivity (Wildman–Crippen MR) is 145 cm³/mol. The molecule has 0 radical (unpaired) electrons. The summed E-state index contributed by atoms with van der Waals surface area (Å²) < 4.78 is 28.8. The largest absolute Gasteiger partial charge is 0.508 e. The van der Waals surface area contributed by atoms with Gasteiger partial charge in [-0.3, -0.25) is 0 Å². The number of aliphatic hydroxyl groups excluding tert-OH is 4. The first-order chi connectivity index (χ1) is 20.4. The highest BCUT2D eigenvalue weighted by Crippen LogP contribution is 2.43. The standard InChI is InChI=1S/C29H36O14/c1-3-39-28-29(38,16-6-8-17(31)9-7-16)26(43-27-24(37)23(36)22(35)14(2)40-27)25(20(13-30)41-28)42-21(34)11-5-15-4-10-18(32)19(33)12-15/h4-12,14,20,22-28,30-33,35-38H,3,13H2,1-2H3/b11-5+/t14-,20+,22-,23+,24+,25+,26-,27-,28+,29+/m0/s1. The Morgan fingerprint density at radius 1 is 0.977 bits per heavy atom. The summed E-state index contributed by atoms with van der Waals surface area (Å²) in [7, 11) is 0. The summed E-state index contributed by atoms with van der Waals surface area (Å²) in [6, 6.07) is 9.07. The number of phenols is 3. The number of ether oxygens (including phenoxy) is 5. The van der Waals surface area contributed by atoms with E-state index in [1.54, 1.807) is 6.92 Å². The summed E-state index contributed by atoms with van der Waals surface area (Å²) in [5.74, 6) is -1.90. The van der Waals surface area contributed by atoms with E-state index in [1.807, 2.05) is 0 Å². The SMILES string of the molecule is CCO[C@@H]1O[C@H](CO)[C@@H](OC(=O)/C=C/c2ccc(O)c(O)c2)[C@H](O[C@@H]2O[C@@H](C)[C@H](O)[C@@H](O)[C@H]2O)[C@]1(O)c1ccc(O)cc1. The number of esters is 1. The maximum atomic E-state index is 13.0. The Hall–Kier alpha value is -3.31. The number of aromatic hydroxyl groups is 3. The van der Waals surface area contributed by atoms with E-state index in [-0.39, 0.29) is 23.7 Å². The molecule has 10 atom stereocenters. The molecule has 2 aliphatic rings. The molecule has 14 heteroatoms. The maximum absolute atomic E-state index is 13.0. The smallest absolute Gasteiger partial charge is 0.331 e. The second-order valence-corrected chi connectivity index (χ2v) is 10.2. The van der Waals surface area contributed by atoms with Gasteiger partial charge in [0.2, 0.25) is 0 Å². The third-order valence-corrected chi connectivity index (χ3v) is 7.34. The monoisotopic (exact) mass is 608 g/mol. The Kier molecular flexibility index (Phi) is 10.3. The summed E-state index contributed by atoms with van der Waals surface area (Å²) in [5, 5.41) is 82.9. The molecule has 0 bridgehead atoms. The first-order valence-corrected chi connectivity index (χ1v) is 13.6. The number of phenolic OH excluding ortho intramolecular Hbond substituents is 3. The summed E-state index contributed by atoms with van der Waals surface area (Å²) in [6.45, 7) is 2.33. The van der Waals surface area contributed by atoms with Gasteiger partial charge in [-0.25, -0.2) is 4.79 Å². The summed E-state index contributed by atoms with van der Waals surface area (Å²) in [5.41, 5.74) is -1.93. The number of carbonyl (C=O) groups excluding carboxylic acids is 1. The lowest BCUT2D eigenvalue weighted by atomic mass is 9.80. The van der Waals surface area contributed by atoms with Crippen molar-refractivity contribution in [1.29, 1.82) is 0 Å². The minimum absolute atomic E-state index is 0.0209. The molecule has 8 N–H and O–H groups in total. The van der Waals surface area contributed by atoms with Crippen LogP contribution < -0.4 is 0 Å². The molecule has 0 spiro atoms. The number of hydrogen-bond donors (Lipinski definition) is 8. The lowest BCUT2D eigenvalue weighted by molar-refractivity contribution is -0.387. The molecular formula is C29H36O14. The van der Waals surface area contributed by atoms with Crippen LogP contribution in [-0.4, -0.2) is 115 Å². The van der Waals surface area contributed by atoms with Gasteiger partial charge in [0.05, 0.1) is 12.7 Å². The Morgan fingerprint density at radius 2 is 1.67 bits per heavy atom. The Bertz CT molecular complexity index is 1270. The molecule has 2 aromatic rings. The zero-order valence-electron chi connectivity index (χ0n) is 23.3. The Labute approximate surface area is 246 Å². The number of carbonyl (C=O) groups is 1. The van der Waals surface area contributed by atoms with E-state index in [4.69, 9.17) is 23.7 Å². The van der Waals surface area contributed by atoms with Gasteiger partial charge in [-0.05, 0) is 55.3 Å². The first-order valence-electron chi connectivity index (χ1n) is 13.6. The van der Waals surface area contributed by atoms with Crippen LogP contribution in [0.2, 0.25) is 0 Å². The van der Waals surface area contributed by atoms with Gasteiger partial charge in [0.1, 0.15) is 36.3 Å². The lowest BCUT2D eigenvalue weighted by Crippen LogP contribution is -2.69. The molecule has 43 heavy (non-hydrogen) atoms. The zero-order valence-corrected chi connectivity index (χ0v) is 23.3. The van der Waals surface area contributed by atoms with E-state index in [2.05, 4.69) is 0 Å². The molecule has 2 heterocycles. The molecule has 0 unspecified atom stereocenters. The van der Waals surface area contributed by atoms with Crippen LogP contribution in [0.15, 0.2) is 48.5 Å². The van der Waals surface area contributed by atoms with Gasteiger partial charge in [-0.2, -0.15) is 0 Å². The Balaban J connectivity index is 1.75. The zero-order chi connectivity index (χ0) is 31.5. The number of hydrogen-bond acceptors (Lipinski definition) is 14. The molecule has 0 saturated carbocycles. The number of benzene rings is 2. The fourth-order valence-electron chi connectivity index (χ4n) is 4.98. The highest BCUT2D eigenvalue weighted by molar-refractivity contribution is 5.87. The molecule has 0 aromatic heterocycles. The molecule has 2 aromatic carbocycles. The van der Waals surface area contributed by atoms with Gasteiger partial charge >= 0.3 is 5.97 Å². The van der Waals surface area contributed by atoms with Crippen LogP contribution in [-0.2, 0) is 34.1 Å². The summed E-state index contributed by atoms with van der Waals surface area (Å²) in [4.78, 5) is 13.0. The van der Waals surface area contributed by atoms with Crippen molar-refractivity contribution in [1.82, 2.24) is 0 Å². The van der Waals surface area contributed by atoms with Gasteiger partial charge in [0.15, 0.2) is 35.8 Å². The lowest BCUT2D eigenvalue weighted by Gasteiger charge is -2.52. The van der Waals surface area contributed by atoms with Crippen molar-refractivity contribution in [2.24, 2.45) is 0 Å². The molecule has 2 saturated heterocycles. The highest BCUT2D eigenvalue weighted by atomic mass is 16.7. The summed E-state index contributed by atoms with van der Waals surface area (Å²) >= 11 is 0. The van der Waals surface area contributed by atoms with Crippen LogP contribution in [0.3, 0.4) is 0 Å². The number of rotatable bonds is 9. The van der Waals surface area contributed by atoms with Gasteiger partial charge < -0.3 is 64.5 Å². The van der Waals surface area contributed by atoms with E-state index in [9.17, 15) is 45.6 Å². The molecule has 236 valence electrons. The normalized spacial score (nSPS) is 34.7. The topological polar surface area (TPSA) is 225 Å². The summed E-state index contributed by atoms with van der Waals surface area (Å²) in [6.07, 6.45) is -11.6. The predicted octanol–water partition coefficient (Wildman–Crippen LogP) is -0.417. The van der Waals surface area contributed by atoms with Crippen molar-refractivity contribution in [2.45, 2.75) is 74.8 Å². The van der Waals surface area contributed by atoms with Crippen molar-refractivity contribution in [3.8, 4) is 17.2 Å². The van der Waals surface area contributed by atoms with E-state index < -0.39 is 79.2 Å². The third kappa shape index (κ3) is 6.77. The fraction of sp³-hybridized carbons (Fsp3) is 0.483. The van der Waals surface area contributed by atoms with Crippen molar-refractivity contribution >= 4 is 12.0 Å². The molecule has 0 amide bonds. The van der Waals surface area contributed by atoms with Gasteiger partial charge in [0.25, 0.3) is 0 Å². The fourth-order valence-corrected chi connectivity index (χ4v) is 4.98. The molecular weight excluding hydrogens is 572 g/mol. The first kappa shape index (κ1) is 32.6. The van der Waals surface area contributed by atoms with Crippen molar-refractivity contribution in [2.75, 3.05) is 13.2 Å². The van der Waals surface area contributed by atoms with Crippen molar-refractivity contribution in [3.05, 3.63) is 59.7 Å². The minimum atomic E-state index is -2.33. The van der Waals surface area contributed by atoms with Crippen LogP contribution in [0.4, 0.5) is 0 Å². The van der Waals surface area contributed by atoms with Gasteiger partial charge in [-0.1, -0.05) is 18.2 Å². The third-order valence-electron chi connectivity index (χ3n) is 7.34. The molecule has 0 aliphatic carbocycles. The van der Waals surface area contributed by atoms with Crippen LogP contribution in [0, 0.1) is 0 Å². The van der Waals surface area contributed by atoms with Gasteiger partial charge in [0, 0.05) is 12.7 Å². The second kappa shape index (κ2) is 13.5. The van der Waals surface area contributed by atoms with Gasteiger partial charge in [-0.15, -0.1) is 0 Å². The van der Waals surface area contributed by atoms with Crippen molar-refractivity contribution < 1.29 is 69.3 Å². The van der Waals surface area contributed by atoms with E-state index in [1.165, 1.54) is 55.5 Å². The quantitative estimate of drug-likeness (QED) is 0.103. The van der Waals surface area contributed by atoms with Crippen LogP contribution in [0.1, 0.15) is 25.0 Å². The van der Waals surface area contributed by atoms with Crippen LogP contribution in [0.25, 0.3) is 6.08 Å². The number of aliphatic hydroxyl groups is 5. The molecule has 14 nitrogen and oxygen atoms in total. The Morgan fingerprint density at radius 3 is 2.30 bits per heavy atom. The molecule has 2 fully saturated rings. The second-order valence-electron chi connectivity index (χ2n) is 10.2. The van der Waals surface area contributed by atoms with Crippen LogP contribution in [0.5, 0.6) is 17.2 Å². The maximum Gasteiger partial charge on any atom is 0.331 e. The van der Waals surface area contributed by atoms with E-state index in [0.717, 1.165) is 6.08 Å². The average molecular weight is 609 g/mol. The highest BCUT2D eigenvalue weighted by Gasteiger charge is 2.61. The molecule has 4 rings (SSSR count). The van der Waals surface area contributed by atoms with E-state index >= 15 is 0 Å². The molecule has 2 aliphatic heterocycles. The van der Waals surface area contributed by atoms with Crippen LogP contribution >= 0.6 is 0 Å². The average Bonchev–Trinajstić information content (AvgIpc) is 2.98. The van der Waals surface area contributed by atoms with E-state index in [0.29, 0.717) is 5.56 Å².